The van der Waals surface area contributed by atoms with Crippen molar-refractivity contribution in [3.05, 3.63) is 82.8 Å². The van der Waals surface area contributed by atoms with Gasteiger partial charge in [-0.05, 0) is 29.3 Å². The summed E-state index contributed by atoms with van der Waals surface area (Å²) in [5, 5.41) is 1.27. The Hall–Kier alpha value is -2.58. The van der Waals surface area contributed by atoms with E-state index in [-0.39, 0.29) is 0 Å². The minimum Gasteiger partial charge on any atom is -0.399 e. The highest BCUT2D eigenvalue weighted by Crippen LogP contribution is 2.36. The normalized spacial score (nSPS) is 17.4. The van der Waals surface area contributed by atoms with E-state index >= 15 is 0 Å². The maximum absolute atomic E-state index is 5.90. The van der Waals surface area contributed by atoms with Gasteiger partial charge in [0.15, 0.2) is 0 Å². The first-order valence-electron chi connectivity index (χ1n) is 7.25. The third-order valence-electron chi connectivity index (χ3n) is 3.84. The maximum Gasteiger partial charge on any atom is 0.0375 e. The fraction of sp³-hybridized carbons (Fsp3) is 0. The highest BCUT2D eigenvalue weighted by Gasteiger charge is 2.09. The number of hydrogen-bond acceptors (Lipinski definition) is 2. The summed E-state index contributed by atoms with van der Waals surface area (Å²) < 4.78 is 1.24. The van der Waals surface area contributed by atoms with Crippen molar-refractivity contribution in [2.24, 2.45) is 0 Å². The molecule has 1 aliphatic rings. The molecule has 0 atom stereocenters. The first-order chi connectivity index (χ1) is 10.8. The molecule has 2 heteroatoms. The fourth-order valence-electron chi connectivity index (χ4n) is 2.74. The van der Waals surface area contributed by atoms with E-state index in [4.69, 9.17) is 5.73 Å². The van der Waals surface area contributed by atoms with Gasteiger partial charge < -0.3 is 5.73 Å². The number of nitrogen functional groups attached to an aromatic ring is 1. The van der Waals surface area contributed by atoms with Gasteiger partial charge in [0.1, 0.15) is 0 Å². The molecule has 2 N–H and O–H groups in total. The van der Waals surface area contributed by atoms with Crippen molar-refractivity contribution in [3.8, 4) is 0 Å². The van der Waals surface area contributed by atoms with Gasteiger partial charge in [-0.25, -0.2) is 0 Å². The molecule has 0 amide bonds. The van der Waals surface area contributed by atoms with Crippen LogP contribution in [0.25, 0.3) is 27.8 Å². The molecule has 1 aromatic heterocycles. The molecule has 2 aromatic carbocycles. The lowest BCUT2D eigenvalue weighted by atomic mass is 10.0. The van der Waals surface area contributed by atoms with Crippen LogP contribution in [0, 0.1) is 0 Å². The van der Waals surface area contributed by atoms with Crippen molar-refractivity contribution in [1.29, 1.82) is 0 Å². The van der Waals surface area contributed by atoms with E-state index in [1.54, 1.807) is 11.3 Å². The smallest absolute Gasteiger partial charge is 0.0375 e. The van der Waals surface area contributed by atoms with Gasteiger partial charge in [0.05, 0.1) is 0 Å². The number of anilines is 1. The van der Waals surface area contributed by atoms with E-state index < -0.39 is 0 Å². The number of allylic oxidation sites excluding steroid dienone is 4. The highest BCUT2D eigenvalue weighted by molar-refractivity contribution is 7.20. The monoisotopic (exact) mass is 301 g/mol. The number of rotatable bonds is 1. The molecule has 4 rings (SSSR count). The average Bonchev–Trinajstić information content (AvgIpc) is 2.84. The molecule has 3 aromatic rings. The van der Waals surface area contributed by atoms with Crippen LogP contribution in [0.15, 0.2) is 66.8 Å². The predicted molar refractivity (Wildman–Crippen MR) is 98.7 cm³/mol. The van der Waals surface area contributed by atoms with Crippen molar-refractivity contribution in [1.82, 2.24) is 0 Å². The topological polar surface area (TPSA) is 26.0 Å². The molecule has 0 radical (unpaired) electrons. The average molecular weight is 301 g/mol. The standard InChI is InChI=1S/C20H15NS/c21-16-10-12-18-17-11-9-15(14-5-2-1-3-6-14)7-4-8-19(17)22-20(18)13-16/h1-13H,21H2/b7-4?,8-4-,11-9?,15-7+,15-9?,17-11?,19-8?. The van der Waals surface area contributed by atoms with Crippen LogP contribution in [0.3, 0.4) is 0 Å². The van der Waals surface area contributed by atoms with Crippen LogP contribution >= 0.6 is 11.3 Å². The van der Waals surface area contributed by atoms with Gasteiger partial charge in [0.25, 0.3) is 0 Å². The van der Waals surface area contributed by atoms with E-state index in [0.717, 1.165) is 5.69 Å². The van der Waals surface area contributed by atoms with Crippen LogP contribution in [-0.2, 0) is 0 Å². The lowest BCUT2D eigenvalue weighted by Crippen LogP contribution is -1.83. The van der Waals surface area contributed by atoms with Crippen molar-refractivity contribution in [2.75, 3.05) is 5.73 Å². The minimum absolute atomic E-state index is 0.817. The molecular formula is C20H15NS. The summed E-state index contributed by atoms with van der Waals surface area (Å²) in [6.45, 7) is 0. The van der Waals surface area contributed by atoms with Crippen LogP contribution in [0.2, 0.25) is 0 Å². The molecular weight excluding hydrogens is 286 g/mol. The van der Waals surface area contributed by atoms with E-state index in [0.29, 0.717) is 0 Å². The molecule has 1 nitrogen and oxygen atoms in total. The molecule has 0 saturated heterocycles. The van der Waals surface area contributed by atoms with Gasteiger partial charge in [-0.1, -0.05) is 60.7 Å². The van der Waals surface area contributed by atoms with Gasteiger partial charge in [-0.2, -0.15) is 0 Å². The Kier molecular flexibility index (Phi) is 3.17. The number of fused-ring (bicyclic) bond motifs is 3. The van der Waals surface area contributed by atoms with Crippen LogP contribution in [0.5, 0.6) is 0 Å². The summed E-state index contributed by atoms with van der Waals surface area (Å²) in [6, 6.07) is 16.6. The molecule has 106 valence electrons. The van der Waals surface area contributed by atoms with E-state index in [1.165, 1.54) is 31.7 Å². The number of benzene rings is 2. The van der Waals surface area contributed by atoms with E-state index in [9.17, 15) is 0 Å². The summed E-state index contributed by atoms with van der Waals surface area (Å²) in [4.78, 5) is 1.28. The molecule has 0 aliphatic heterocycles. The van der Waals surface area contributed by atoms with Crippen molar-refractivity contribution >= 4 is 44.8 Å². The molecule has 0 saturated carbocycles. The van der Waals surface area contributed by atoms with Gasteiger partial charge in [0, 0.05) is 26.2 Å². The van der Waals surface area contributed by atoms with Gasteiger partial charge in [-0.15, -0.1) is 11.3 Å². The van der Waals surface area contributed by atoms with E-state index in [1.807, 2.05) is 12.1 Å². The first-order valence-corrected chi connectivity index (χ1v) is 8.07. The number of hydrogen-bond donors (Lipinski definition) is 1. The van der Waals surface area contributed by atoms with Crippen LogP contribution in [0.4, 0.5) is 5.69 Å². The molecule has 1 aliphatic carbocycles. The molecule has 0 bridgehead atoms. The Morgan fingerprint density at radius 1 is 0.864 bits per heavy atom. The second kappa shape index (κ2) is 5.32. The van der Waals surface area contributed by atoms with Gasteiger partial charge in [0.2, 0.25) is 0 Å². The zero-order valence-electron chi connectivity index (χ0n) is 12.0. The summed E-state index contributed by atoms with van der Waals surface area (Å²) >= 11 is 1.79. The summed E-state index contributed by atoms with van der Waals surface area (Å²) in [7, 11) is 0. The van der Waals surface area contributed by atoms with Gasteiger partial charge in [-0.3, -0.25) is 0 Å². The summed E-state index contributed by atoms with van der Waals surface area (Å²) in [5.41, 5.74) is 10.4. The SMILES string of the molecule is Nc1ccc2c3c(sc2c1)/C=C\C=C(\c1ccccc1)C=C3. The zero-order valence-corrected chi connectivity index (χ0v) is 12.8. The van der Waals surface area contributed by atoms with Crippen LogP contribution in [0.1, 0.15) is 16.0 Å². The van der Waals surface area contributed by atoms with Crippen molar-refractivity contribution in [3.63, 3.8) is 0 Å². The number of thiophene rings is 1. The molecule has 0 unspecified atom stereocenters. The number of nitrogens with two attached hydrogens (primary N) is 1. The third kappa shape index (κ3) is 2.28. The Labute approximate surface area is 133 Å². The van der Waals surface area contributed by atoms with Crippen LogP contribution < -0.4 is 5.73 Å². The summed E-state index contributed by atoms with van der Waals surface area (Å²) in [5.74, 6) is 0. The van der Waals surface area contributed by atoms with Crippen molar-refractivity contribution in [2.45, 2.75) is 0 Å². The highest BCUT2D eigenvalue weighted by atomic mass is 32.1. The van der Waals surface area contributed by atoms with Crippen molar-refractivity contribution < 1.29 is 0 Å². The molecule has 0 fully saturated rings. The largest absolute Gasteiger partial charge is 0.399 e. The van der Waals surface area contributed by atoms with E-state index in [2.05, 4.69) is 66.8 Å². The predicted octanol–water partition coefficient (Wildman–Crippen LogP) is 5.61. The minimum atomic E-state index is 0.817. The maximum atomic E-state index is 5.90. The second-order valence-corrected chi connectivity index (χ2v) is 6.40. The lowest BCUT2D eigenvalue weighted by Gasteiger charge is -2.04. The fourth-order valence-corrected chi connectivity index (χ4v) is 3.89. The Balaban J connectivity index is 1.84. The Morgan fingerprint density at radius 2 is 1.73 bits per heavy atom. The molecule has 22 heavy (non-hydrogen) atoms. The summed E-state index contributed by atoms with van der Waals surface area (Å²) in [6.07, 6.45) is 10.9. The lowest BCUT2D eigenvalue weighted by molar-refractivity contribution is 1.62. The van der Waals surface area contributed by atoms with Crippen LogP contribution in [-0.4, -0.2) is 0 Å². The quantitative estimate of drug-likeness (QED) is 0.581. The molecule has 1 heterocycles. The molecule has 0 spiro atoms. The van der Waals surface area contributed by atoms with Gasteiger partial charge >= 0.3 is 0 Å². The second-order valence-electron chi connectivity index (χ2n) is 5.32. The Bertz CT molecular complexity index is 927. The third-order valence-corrected chi connectivity index (χ3v) is 4.97. The zero-order chi connectivity index (χ0) is 14.9. The first kappa shape index (κ1) is 13.1. The Morgan fingerprint density at radius 3 is 2.59 bits per heavy atom.